The van der Waals surface area contributed by atoms with Crippen molar-refractivity contribution in [2.75, 3.05) is 6.61 Å². The Hall–Kier alpha value is -3.49. The summed E-state index contributed by atoms with van der Waals surface area (Å²) in [4.78, 5) is 12.8. The first-order valence-corrected chi connectivity index (χ1v) is 12.5. The Labute approximate surface area is 212 Å². The third-order valence-corrected chi connectivity index (χ3v) is 6.90. The highest BCUT2D eigenvalue weighted by molar-refractivity contribution is 7.98. The maximum Gasteiger partial charge on any atom is 0.265 e. The van der Waals surface area contributed by atoms with Gasteiger partial charge in [-0.1, -0.05) is 84.0 Å². The zero-order valence-corrected chi connectivity index (χ0v) is 20.3. The van der Waals surface area contributed by atoms with Gasteiger partial charge in [0, 0.05) is 10.8 Å². The van der Waals surface area contributed by atoms with Gasteiger partial charge in [0.25, 0.3) is 5.91 Å². The summed E-state index contributed by atoms with van der Waals surface area (Å²) in [5, 5.41) is 13.2. The fourth-order valence-corrected chi connectivity index (χ4v) is 4.91. The molecular formula is C26H23ClN4O3S. The number of hydrogen-bond donors (Lipinski definition) is 1. The van der Waals surface area contributed by atoms with Crippen molar-refractivity contribution >= 4 is 29.3 Å². The van der Waals surface area contributed by atoms with Gasteiger partial charge in [-0.25, -0.2) is 0 Å². The maximum absolute atomic E-state index is 12.8. The summed E-state index contributed by atoms with van der Waals surface area (Å²) in [6, 6.07) is 25.1. The van der Waals surface area contributed by atoms with E-state index in [-0.39, 0.29) is 19.1 Å². The number of nitrogens with one attached hydrogen (secondary N) is 1. The molecule has 1 N–H and O–H groups in total. The van der Waals surface area contributed by atoms with Crippen molar-refractivity contribution in [3.63, 3.8) is 0 Å². The van der Waals surface area contributed by atoms with Gasteiger partial charge < -0.3 is 19.4 Å². The minimum Gasteiger partial charge on any atom is -0.485 e. The maximum atomic E-state index is 12.8. The van der Waals surface area contributed by atoms with Gasteiger partial charge in [0.2, 0.25) is 6.10 Å². The van der Waals surface area contributed by atoms with Crippen molar-refractivity contribution < 1.29 is 14.3 Å². The second-order valence-corrected chi connectivity index (χ2v) is 9.28. The number of hydrogen-bond acceptors (Lipinski definition) is 6. The topological polar surface area (TPSA) is 78.3 Å². The lowest BCUT2D eigenvalue weighted by molar-refractivity contribution is -0.130. The monoisotopic (exact) mass is 506 g/mol. The number of amides is 1. The van der Waals surface area contributed by atoms with Crippen LogP contribution in [0.25, 0.3) is 0 Å². The van der Waals surface area contributed by atoms with Crippen molar-refractivity contribution in [2.45, 2.75) is 30.1 Å². The van der Waals surface area contributed by atoms with Crippen molar-refractivity contribution in [3.8, 4) is 11.5 Å². The number of carbonyl (C=O) groups excluding carboxylic acids is 1. The van der Waals surface area contributed by atoms with Crippen LogP contribution in [0.1, 0.15) is 17.0 Å². The molecule has 0 fully saturated rings. The highest BCUT2D eigenvalue weighted by atomic mass is 35.5. The predicted octanol–water partition coefficient (Wildman–Crippen LogP) is 4.73. The van der Waals surface area contributed by atoms with Crippen LogP contribution in [0.4, 0.5) is 0 Å². The Morgan fingerprint density at radius 2 is 1.74 bits per heavy atom. The van der Waals surface area contributed by atoms with Gasteiger partial charge >= 0.3 is 0 Å². The van der Waals surface area contributed by atoms with Crippen LogP contribution in [0.3, 0.4) is 0 Å². The van der Waals surface area contributed by atoms with E-state index in [4.69, 9.17) is 21.1 Å². The number of para-hydroxylation sites is 2. The fourth-order valence-electron chi connectivity index (χ4n) is 3.67. The van der Waals surface area contributed by atoms with Crippen LogP contribution in [0.15, 0.2) is 84.0 Å². The summed E-state index contributed by atoms with van der Waals surface area (Å²) < 4.78 is 13.5. The Kier molecular flexibility index (Phi) is 7.20. The number of rotatable bonds is 8. The first-order chi connectivity index (χ1) is 17.2. The summed E-state index contributed by atoms with van der Waals surface area (Å²) in [6.07, 6.45) is -0.732. The molecule has 0 radical (unpaired) electrons. The Morgan fingerprint density at radius 3 is 2.57 bits per heavy atom. The second kappa shape index (κ2) is 10.8. The normalized spacial score (nSPS) is 14.5. The number of ether oxygens (including phenoxy) is 2. The summed E-state index contributed by atoms with van der Waals surface area (Å²) in [7, 11) is 0. The number of halogens is 1. The summed E-state index contributed by atoms with van der Waals surface area (Å²) in [5.41, 5.74) is 2.14. The van der Waals surface area contributed by atoms with Gasteiger partial charge in [0.1, 0.15) is 6.61 Å². The minimum atomic E-state index is -0.732. The largest absolute Gasteiger partial charge is 0.485 e. The number of nitrogens with zero attached hydrogens (tertiary/aromatic N) is 3. The molecule has 2 heterocycles. The van der Waals surface area contributed by atoms with Gasteiger partial charge in [-0.2, -0.15) is 0 Å². The summed E-state index contributed by atoms with van der Waals surface area (Å²) in [5.74, 6) is 2.25. The van der Waals surface area contributed by atoms with E-state index in [1.54, 1.807) is 17.8 Å². The first kappa shape index (κ1) is 23.3. The van der Waals surface area contributed by atoms with Crippen molar-refractivity contribution in [1.82, 2.24) is 20.1 Å². The molecule has 0 aliphatic carbocycles. The van der Waals surface area contributed by atoms with Crippen molar-refractivity contribution in [3.05, 3.63) is 101 Å². The molecule has 9 heteroatoms. The van der Waals surface area contributed by atoms with Gasteiger partial charge in [-0.15, -0.1) is 10.2 Å². The van der Waals surface area contributed by atoms with Crippen molar-refractivity contribution in [1.29, 1.82) is 0 Å². The molecule has 3 aromatic carbocycles. The molecule has 0 spiro atoms. The number of thioether (sulfide) groups is 1. The number of benzene rings is 3. The van der Waals surface area contributed by atoms with Crippen LogP contribution in [0, 0.1) is 0 Å². The molecular weight excluding hydrogens is 484 g/mol. The lowest BCUT2D eigenvalue weighted by Crippen LogP contribution is -2.44. The molecule has 1 aliphatic heterocycles. The lowest BCUT2D eigenvalue weighted by Gasteiger charge is -2.25. The van der Waals surface area contributed by atoms with E-state index in [0.29, 0.717) is 29.6 Å². The van der Waals surface area contributed by atoms with Gasteiger partial charge in [-0.3, -0.25) is 4.79 Å². The smallest absolute Gasteiger partial charge is 0.265 e. The molecule has 0 saturated heterocycles. The van der Waals surface area contributed by atoms with E-state index in [2.05, 4.69) is 27.6 Å². The third kappa shape index (κ3) is 5.61. The molecule has 0 saturated carbocycles. The second-order valence-electron chi connectivity index (χ2n) is 7.93. The van der Waals surface area contributed by atoms with E-state index in [9.17, 15) is 4.79 Å². The zero-order valence-electron chi connectivity index (χ0n) is 18.8. The zero-order chi connectivity index (χ0) is 24.0. The minimum absolute atomic E-state index is 0.151. The molecule has 5 rings (SSSR count). The number of fused-ring (bicyclic) bond motifs is 1. The average Bonchev–Trinajstić information content (AvgIpc) is 3.28. The highest BCUT2D eigenvalue weighted by Gasteiger charge is 2.27. The molecule has 35 heavy (non-hydrogen) atoms. The summed E-state index contributed by atoms with van der Waals surface area (Å²) >= 11 is 7.89. The van der Waals surface area contributed by atoms with Crippen LogP contribution in [-0.2, 0) is 23.6 Å². The van der Waals surface area contributed by atoms with Gasteiger partial charge in [0.15, 0.2) is 22.5 Å². The molecule has 0 unspecified atom stereocenters. The molecule has 4 aromatic rings. The molecule has 1 atom stereocenters. The standard InChI is InChI=1S/C26H23ClN4O3S/c27-20-11-5-4-10-19(20)17-35-26-30-29-24(31(26)15-18-8-2-1-3-9-18)14-28-25(32)23-16-33-21-12-6-7-13-22(21)34-23/h1-13,23H,14-17H2,(H,28,32)/t23-/m1/s1. The summed E-state index contributed by atoms with van der Waals surface area (Å²) in [6.45, 7) is 0.950. The Bertz CT molecular complexity index is 1310. The predicted molar refractivity (Wildman–Crippen MR) is 135 cm³/mol. The third-order valence-electron chi connectivity index (χ3n) is 5.51. The van der Waals surface area contributed by atoms with Crippen LogP contribution in [0.5, 0.6) is 11.5 Å². The van der Waals surface area contributed by atoms with Gasteiger partial charge in [-0.05, 0) is 29.3 Å². The van der Waals surface area contributed by atoms with E-state index < -0.39 is 6.10 Å². The van der Waals surface area contributed by atoms with E-state index in [1.807, 2.05) is 65.2 Å². The first-order valence-electron chi connectivity index (χ1n) is 11.2. The molecule has 1 aromatic heterocycles. The molecule has 1 aliphatic rings. The van der Waals surface area contributed by atoms with Crippen LogP contribution in [0.2, 0.25) is 5.02 Å². The van der Waals surface area contributed by atoms with E-state index >= 15 is 0 Å². The Balaban J connectivity index is 1.29. The molecule has 1 amide bonds. The van der Waals surface area contributed by atoms with Gasteiger partial charge in [0.05, 0.1) is 13.1 Å². The SMILES string of the molecule is O=C(NCc1nnc(SCc2ccccc2Cl)n1Cc1ccccc1)[C@H]1COc2ccccc2O1. The number of aromatic nitrogens is 3. The lowest BCUT2D eigenvalue weighted by atomic mass is 10.2. The Morgan fingerprint density at radius 1 is 1.00 bits per heavy atom. The highest BCUT2D eigenvalue weighted by Crippen LogP contribution is 2.31. The van der Waals surface area contributed by atoms with Crippen LogP contribution in [-0.4, -0.2) is 33.4 Å². The number of carbonyl (C=O) groups is 1. The van der Waals surface area contributed by atoms with E-state index in [0.717, 1.165) is 21.3 Å². The van der Waals surface area contributed by atoms with Crippen molar-refractivity contribution in [2.24, 2.45) is 0 Å². The quantitative estimate of drug-likeness (QED) is 0.348. The average molecular weight is 507 g/mol. The molecule has 178 valence electrons. The van der Waals surface area contributed by atoms with Crippen LogP contribution >= 0.6 is 23.4 Å². The molecule has 0 bridgehead atoms. The van der Waals surface area contributed by atoms with E-state index in [1.165, 1.54) is 0 Å². The molecule has 7 nitrogen and oxygen atoms in total. The fraction of sp³-hybridized carbons (Fsp3) is 0.192. The van der Waals surface area contributed by atoms with Crippen LogP contribution < -0.4 is 14.8 Å².